The highest BCUT2D eigenvalue weighted by atomic mass is 32.2. The van der Waals surface area contributed by atoms with Gasteiger partial charge in [0.05, 0.1) is 63.2 Å². The van der Waals surface area contributed by atoms with Gasteiger partial charge in [-0.3, -0.25) is 91.1 Å². The van der Waals surface area contributed by atoms with Gasteiger partial charge in [0.1, 0.15) is 90.6 Å². The number of aliphatic carboxylic acids is 2. The summed E-state index contributed by atoms with van der Waals surface area (Å²) in [4.78, 5) is 301. The molecule has 0 aromatic carbocycles. The number of aliphatic hydroxyl groups excluding tert-OH is 2. The Morgan fingerprint density at radius 3 is 1.21 bits per heavy atom. The number of nitrogens with zero attached hydrogens (tertiary/aromatic N) is 2. The number of carbonyl (C=O) groups is 21. The molecule has 0 aliphatic carbocycles. The van der Waals surface area contributed by atoms with E-state index >= 15 is 0 Å². The van der Waals surface area contributed by atoms with Crippen molar-refractivity contribution < 1.29 is 126 Å². The van der Waals surface area contributed by atoms with Crippen LogP contribution < -0.4 is 108 Å². The zero-order chi connectivity index (χ0) is 103. The Balaban J connectivity index is 2.51. The number of amides is 19. The molecule has 0 unspecified atom stereocenters. The molecule has 2 aromatic heterocycles. The molecule has 52 heteroatoms. The SMILES string of the molecule is CC[C@H](C)[C@H](NC(=O)[C@H](CCC(=O)O)NC(=O)[C@H](CO)NC(=O)[C@@H](NC(=O)[C@H](CO)NC(=O)OCC[Si](C)(C)C)C(C)C)C(=O)N[C@@H](CCC(N)=O)C(=O)N[C@@H](CC(C)C)C(=O)N[C@@H](CCSC)C(=O)N[C@@H](Cc1c[nH]cn1)C(=O)N[C@@H](CC(N)=O)C(=O)N[C@@H](CC(C)C)C(=O)NCC(=O)N[C@@H](CCCCN)C(=O)N[C@@H](Cc1c[nH]cn1)C(=O)N[C@@H](CC(C)C)C(=O)N[C@@H](CC(N)=O)C(=O)O. The van der Waals surface area contributed by atoms with Gasteiger partial charge in [-0.1, -0.05) is 95.3 Å². The van der Waals surface area contributed by atoms with Crippen molar-refractivity contribution in [1.29, 1.82) is 0 Å². The van der Waals surface area contributed by atoms with Crippen molar-refractivity contribution in [2.24, 2.45) is 52.5 Å². The number of aromatic amines is 2. The number of aliphatic hydroxyl groups is 2. The summed E-state index contributed by atoms with van der Waals surface area (Å²) >= 11 is 1.24. The molecule has 19 amide bonds. The highest BCUT2D eigenvalue weighted by Crippen LogP contribution is 2.18. The Hall–Kier alpha value is -12.5. The Bertz CT molecular complexity index is 4310. The molecule has 0 saturated carbocycles. The number of imidazole rings is 2. The van der Waals surface area contributed by atoms with Gasteiger partial charge in [-0.05, 0) is 112 Å². The second-order valence-electron chi connectivity index (χ2n) is 35.7. The molecule has 0 fully saturated rings. The Morgan fingerprint density at radius 1 is 0.426 bits per heavy atom. The van der Waals surface area contributed by atoms with E-state index in [4.69, 9.17) is 27.7 Å². The molecular weight excluding hydrogens is 1820 g/mol. The van der Waals surface area contributed by atoms with Crippen molar-refractivity contribution in [1.82, 2.24) is 105 Å². The third-order valence-corrected chi connectivity index (χ3v) is 23.2. The number of ether oxygens (including phenoxy) is 1. The van der Waals surface area contributed by atoms with Crippen LogP contribution in [0.5, 0.6) is 0 Å². The minimum atomic E-state index is -1.89. The largest absolute Gasteiger partial charge is 0.481 e. The molecular formula is C84H142N24O26SSi. The minimum absolute atomic E-state index is 0.0350. The van der Waals surface area contributed by atoms with Crippen LogP contribution in [-0.2, 0) is 113 Å². The molecule has 50 nitrogen and oxygen atoms in total. The summed E-state index contributed by atoms with van der Waals surface area (Å²) in [5, 5.41) is 79.0. The van der Waals surface area contributed by atoms with E-state index in [0.717, 1.165) is 0 Å². The van der Waals surface area contributed by atoms with Crippen LogP contribution in [0.25, 0.3) is 0 Å². The number of aromatic nitrogens is 4. The summed E-state index contributed by atoms with van der Waals surface area (Å²) in [5.41, 5.74) is 22.6. The number of rotatable bonds is 67. The van der Waals surface area contributed by atoms with Gasteiger partial charge in [0.25, 0.3) is 0 Å². The van der Waals surface area contributed by atoms with E-state index < -0.39 is 306 Å². The van der Waals surface area contributed by atoms with E-state index in [1.807, 2.05) is 19.6 Å². The third kappa shape index (κ3) is 46.7. The van der Waals surface area contributed by atoms with Crippen molar-refractivity contribution in [2.45, 2.75) is 288 Å². The lowest BCUT2D eigenvalue weighted by Crippen LogP contribution is -2.62. The summed E-state index contributed by atoms with van der Waals surface area (Å²) in [6, 6.07) is -23.9. The molecule has 30 N–H and O–H groups in total. The van der Waals surface area contributed by atoms with Gasteiger partial charge in [-0.2, -0.15) is 11.8 Å². The average molecular weight is 1960 g/mol. The normalized spacial score (nSPS) is 14.9. The first kappa shape index (κ1) is 120. The topological polar surface area (TPSA) is 803 Å². The van der Waals surface area contributed by atoms with E-state index in [9.17, 15) is 121 Å². The summed E-state index contributed by atoms with van der Waals surface area (Å²) in [6.07, 6.45) is 1.25. The van der Waals surface area contributed by atoms with E-state index in [0.29, 0.717) is 12.5 Å². The molecule has 2 rings (SSSR count). The maximum atomic E-state index is 14.8. The molecule has 0 aliphatic rings. The van der Waals surface area contributed by atoms with Gasteiger partial charge in [-0.25, -0.2) is 19.6 Å². The van der Waals surface area contributed by atoms with Gasteiger partial charge < -0.3 is 143 Å². The predicted molar refractivity (Wildman–Crippen MR) is 494 cm³/mol. The van der Waals surface area contributed by atoms with Crippen LogP contribution in [0.1, 0.15) is 171 Å². The molecule has 16 atom stereocenters. The molecule has 0 saturated heterocycles. The fraction of sp³-hybridized carbons (Fsp3) is 0.679. The molecule has 764 valence electrons. The second kappa shape index (κ2) is 61.5. The van der Waals surface area contributed by atoms with Crippen molar-refractivity contribution in [3.8, 4) is 0 Å². The number of primary amides is 3. The lowest BCUT2D eigenvalue weighted by Gasteiger charge is -2.30. The van der Waals surface area contributed by atoms with Crippen molar-refractivity contribution in [2.75, 3.05) is 44.9 Å². The molecule has 0 spiro atoms. The lowest BCUT2D eigenvalue weighted by molar-refractivity contribution is -0.144. The van der Waals surface area contributed by atoms with Crippen molar-refractivity contribution >= 4 is 144 Å². The number of hydrogen-bond acceptors (Lipinski definition) is 28. The van der Waals surface area contributed by atoms with Crippen molar-refractivity contribution in [3.05, 3.63) is 36.4 Å². The number of nitrogens with two attached hydrogens (primary N) is 4. The van der Waals surface area contributed by atoms with Gasteiger partial charge in [0.2, 0.25) is 106 Å². The van der Waals surface area contributed by atoms with Crippen LogP contribution in [0, 0.1) is 29.6 Å². The number of unbranched alkanes of at least 4 members (excludes halogenated alkanes) is 1. The lowest BCUT2D eigenvalue weighted by atomic mass is 9.96. The second-order valence-corrected chi connectivity index (χ2v) is 42.3. The smallest absolute Gasteiger partial charge is 0.407 e. The number of H-pyrrole nitrogens is 2. The number of alkyl carbamates (subject to hydrolysis) is 1. The Morgan fingerprint density at radius 2 is 0.794 bits per heavy atom. The minimum Gasteiger partial charge on any atom is -0.481 e. The van der Waals surface area contributed by atoms with Crippen LogP contribution in [0.4, 0.5) is 4.79 Å². The summed E-state index contributed by atoms with van der Waals surface area (Å²) in [6.45, 7) is 19.7. The highest BCUT2D eigenvalue weighted by Gasteiger charge is 2.41. The van der Waals surface area contributed by atoms with Gasteiger partial charge in [-0.15, -0.1) is 0 Å². The Kier molecular flexibility index (Phi) is 54.1. The number of thioether (sulfide) groups is 1. The average Bonchev–Trinajstić information content (AvgIpc) is 1.03. The maximum absolute atomic E-state index is 14.8. The first-order valence-corrected chi connectivity index (χ1v) is 50.0. The maximum Gasteiger partial charge on any atom is 0.407 e. The summed E-state index contributed by atoms with van der Waals surface area (Å²) in [7, 11) is -1.63. The quantitative estimate of drug-likeness (QED) is 0.0216. The van der Waals surface area contributed by atoms with Crippen LogP contribution in [-0.4, -0.2) is 308 Å². The van der Waals surface area contributed by atoms with Crippen LogP contribution >= 0.6 is 11.8 Å². The molecule has 136 heavy (non-hydrogen) atoms. The third-order valence-electron chi connectivity index (χ3n) is 20.9. The number of hydrogen-bond donors (Lipinski definition) is 26. The van der Waals surface area contributed by atoms with Gasteiger partial charge in [0, 0.05) is 46.2 Å². The summed E-state index contributed by atoms with van der Waals surface area (Å²) in [5.74, 6) is -24.4. The fourth-order valence-corrected chi connectivity index (χ4v) is 14.4. The number of carboxylic acid groups (broad SMARTS) is 2. The van der Waals surface area contributed by atoms with Gasteiger partial charge >= 0.3 is 18.0 Å². The zero-order valence-electron chi connectivity index (χ0n) is 79.5. The fourth-order valence-electron chi connectivity index (χ4n) is 13.2. The first-order valence-electron chi connectivity index (χ1n) is 44.9. The van der Waals surface area contributed by atoms with Crippen LogP contribution in [0.3, 0.4) is 0 Å². The van der Waals surface area contributed by atoms with E-state index in [-0.39, 0.29) is 93.5 Å². The molecule has 0 radical (unpaired) electrons. The van der Waals surface area contributed by atoms with Crippen LogP contribution in [0.15, 0.2) is 25.0 Å². The molecule has 0 bridgehead atoms. The monoisotopic (exact) mass is 1960 g/mol. The molecule has 0 aliphatic heterocycles. The Labute approximate surface area is 793 Å². The van der Waals surface area contributed by atoms with E-state index in [2.05, 4.69) is 105 Å². The van der Waals surface area contributed by atoms with E-state index in [1.165, 1.54) is 57.6 Å². The zero-order valence-corrected chi connectivity index (χ0v) is 81.3. The van der Waals surface area contributed by atoms with Crippen molar-refractivity contribution in [3.63, 3.8) is 0 Å². The van der Waals surface area contributed by atoms with Crippen LogP contribution in [0.2, 0.25) is 25.7 Å². The predicted octanol–water partition coefficient (Wildman–Crippen LogP) is -6.07. The first-order chi connectivity index (χ1) is 63.8. The number of carboxylic acids is 2. The van der Waals surface area contributed by atoms with E-state index in [1.54, 1.807) is 54.7 Å². The summed E-state index contributed by atoms with van der Waals surface area (Å²) < 4.78 is 5.16. The molecule has 2 heterocycles. The standard InChI is InChI=1S/C84H142N24O26SSi/c1-15-46(10)68(108-73(121)51(20-22-66(115)116)95-79(127)60(38-109)105-81(129)67(45(8)9)107-80(128)61(39-110)106-84(133)134-25-27-136(12,13)14)82(130)97-50(19-21-62(86)111)71(119)99-54(29-43(4)5)74(122)96-52(23-26-135-11)72(120)102-57(32-48-36-90-41-93-48)77(125)103-58(33-63(87)112)78(126)98-53(28-42(2)3)69(117)91-37-65(114)94-49(18-16-17-24-85)70(118)101-56(31-47-35-89-40-92-47)76(124)100-55(30-44(6)7)75(123)104-59(83(131)132)34-64(88)113/h35-36,40-46,49-61,67-68,109-110H,15-34,37-39,85H2,1-14H3,(H2,86,111)(H2,87,112)(H2,88,113)(H,89,92)(H,90,93)(H,91,117)(H,94,114)(H,95,127)(H,96,122)(H,97,130)(H,98,126)(H,99,119)(H,100,124)(H,101,118)(H,102,120)(H,103,125)(H,104,123)(H,105,129)(H,106,133)(H,107,128)(H,108,121)(H,115,116)(H,131,132)/t46-,49-,50-,51-,52-,53-,54-,55-,56-,57-,58-,59-,60-,61-,67-,68-/m0/s1. The van der Waals surface area contributed by atoms with Gasteiger partial charge in [0.15, 0.2) is 0 Å². The molecule has 2 aromatic rings. The number of nitrogens with one attached hydrogen (secondary N) is 18. The number of carbonyl (C=O) groups excluding carboxylic acids is 19. The highest BCUT2D eigenvalue weighted by molar-refractivity contribution is 7.98.